The Morgan fingerprint density at radius 3 is 2.53 bits per heavy atom. The van der Waals surface area contributed by atoms with E-state index >= 15 is 0 Å². The fourth-order valence-corrected chi connectivity index (χ4v) is 2.50. The average molecular weight is 255 g/mol. The maximum absolute atomic E-state index is 6.35. The summed E-state index contributed by atoms with van der Waals surface area (Å²) in [5.74, 6) is 3.21. The monoisotopic (exact) mass is 255 g/mol. The summed E-state index contributed by atoms with van der Waals surface area (Å²) in [7, 11) is 0. The highest BCUT2D eigenvalue weighted by Crippen LogP contribution is 2.42. The van der Waals surface area contributed by atoms with Gasteiger partial charge in [-0.1, -0.05) is 44.2 Å². The highest BCUT2D eigenvalue weighted by molar-refractivity contribution is 5.71. The van der Waals surface area contributed by atoms with Crippen LogP contribution >= 0.6 is 0 Å². The number of rotatable bonds is 4. The Labute approximate surface area is 114 Å². The van der Waals surface area contributed by atoms with Gasteiger partial charge in [-0.05, 0) is 18.8 Å². The van der Waals surface area contributed by atoms with Crippen molar-refractivity contribution in [1.29, 1.82) is 0 Å². The summed E-state index contributed by atoms with van der Waals surface area (Å²) in [5, 5.41) is 0. The number of imidazole rings is 1. The third-order valence-electron chi connectivity index (χ3n) is 3.57. The molecule has 19 heavy (non-hydrogen) atoms. The van der Waals surface area contributed by atoms with Crippen molar-refractivity contribution >= 4 is 5.82 Å². The molecule has 0 unspecified atom stereocenters. The van der Waals surface area contributed by atoms with Crippen molar-refractivity contribution in [2.24, 2.45) is 5.92 Å². The molecule has 3 heteroatoms. The van der Waals surface area contributed by atoms with Crippen LogP contribution in [0.3, 0.4) is 0 Å². The molecule has 1 aliphatic carbocycles. The Morgan fingerprint density at radius 2 is 1.95 bits per heavy atom. The highest BCUT2D eigenvalue weighted by atomic mass is 15.2. The maximum atomic E-state index is 6.35. The minimum Gasteiger partial charge on any atom is -0.383 e. The Balaban J connectivity index is 2.06. The summed E-state index contributed by atoms with van der Waals surface area (Å²) in [6.07, 6.45) is 2.51. The van der Waals surface area contributed by atoms with Crippen LogP contribution in [0.2, 0.25) is 0 Å². The molecule has 1 heterocycles. The molecular formula is C16H21N3. The molecule has 0 radical (unpaired) electrons. The van der Waals surface area contributed by atoms with E-state index in [1.807, 2.05) is 18.2 Å². The Hall–Kier alpha value is -1.77. The number of anilines is 1. The molecule has 1 fully saturated rings. The summed E-state index contributed by atoms with van der Waals surface area (Å²) in [4.78, 5) is 4.83. The SMILES string of the molecule is CC(C)Cn1c(C2CC2)nc(-c2ccccc2)c1N. The number of benzene rings is 1. The topological polar surface area (TPSA) is 43.8 Å². The first kappa shape index (κ1) is 12.3. The number of hydrogen-bond donors (Lipinski definition) is 1. The van der Waals surface area contributed by atoms with Gasteiger partial charge in [0, 0.05) is 18.0 Å². The first-order valence-corrected chi connectivity index (χ1v) is 7.08. The molecule has 100 valence electrons. The lowest BCUT2D eigenvalue weighted by Gasteiger charge is -2.11. The standard InChI is InChI=1S/C16H21N3/c1-11(2)10-19-15(17)14(12-6-4-3-5-7-12)18-16(19)13-8-9-13/h3-7,11,13H,8-10,17H2,1-2H3. The van der Waals surface area contributed by atoms with Crippen molar-refractivity contribution in [3.05, 3.63) is 36.2 Å². The van der Waals surface area contributed by atoms with E-state index in [4.69, 9.17) is 10.7 Å². The van der Waals surface area contributed by atoms with Crippen molar-refractivity contribution in [1.82, 2.24) is 9.55 Å². The van der Waals surface area contributed by atoms with Crippen LogP contribution in [0.25, 0.3) is 11.3 Å². The quantitative estimate of drug-likeness (QED) is 0.906. The van der Waals surface area contributed by atoms with Gasteiger partial charge in [0.1, 0.15) is 17.3 Å². The third kappa shape index (κ3) is 2.37. The van der Waals surface area contributed by atoms with Gasteiger partial charge in [0.2, 0.25) is 0 Å². The van der Waals surface area contributed by atoms with Gasteiger partial charge in [-0.15, -0.1) is 0 Å². The zero-order valence-corrected chi connectivity index (χ0v) is 11.6. The third-order valence-corrected chi connectivity index (χ3v) is 3.57. The van der Waals surface area contributed by atoms with E-state index in [-0.39, 0.29) is 0 Å². The fraction of sp³-hybridized carbons (Fsp3) is 0.438. The molecule has 2 N–H and O–H groups in total. The lowest BCUT2D eigenvalue weighted by molar-refractivity contribution is 0.512. The van der Waals surface area contributed by atoms with E-state index < -0.39 is 0 Å². The molecule has 0 atom stereocenters. The zero-order chi connectivity index (χ0) is 13.4. The number of hydrogen-bond acceptors (Lipinski definition) is 2. The molecule has 0 bridgehead atoms. The van der Waals surface area contributed by atoms with Crippen molar-refractivity contribution < 1.29 is 0 Å². The van der Waals surface area contributed by atoms with Gasteiger partial charge < -0.3 is 10.3 Å². The van der Waals surface area contributed by atoms with E-state index in [0.29, 0.717) is 11.8 Å². The summed E-state index contributed by atoms with van der Waals surface area (Å²) in [6, 6.07) is 10.2. The van der Waals surface area contributed by atoms with Crippen LogP contribution in [0.5, 0.6) is 0 Å². The van der Waals surface area contributed by atoms with Gasteiger partial charge in [0.25, 0.3) is 0 Å². The molecule has 1 saturated carbocycles. The highest BCUT2D eigenvalue weighted by Gasteiger charge is 2.31. The van der Waals surface area contributed by atoms with Gasteiger partial charge in [0.15, 0.2) is 0 Å². The molecular weight excluding hydrogens is 234 g/mol. The van der Waals surface area contributed by atoms with Crippen LogP contribution in [0, 0.1) is 5.92 Å². The van der Waals surface area contributed by atoms with E-state index in [1.54, 1.807) is 0 Å². The molecule has 1 aliphatic rings. The summed E-state index contributed by atoms with van der Waals surface area (Å²) in [6.45, 7) is 5.40. The molecule has 2 aromatic rings. The van der Waals surface area contributed by atoms with Crippen LogP contribution in [0.15, 0.2) is 30.3 Å². The number of nitrogen functional groups attached to an aromatic ring is 1. The summed E-state index contributed by atoms with van der Waals surface area (Å²) >= 11 is 0. The van der Waals surface area contributed by atoms with Crippen LogP contribution < -0.4 is 5.73 Å². The normalized spacial score (nSPS) is 15.1. The lowest BCUT2D eigenvalue weighted by atomic mass is 10.1. The Morgan fingerprint density at radius 1 is 1.26 bits per heavy atom. The molecule has 1 aromatic carbocycles. The van der Waals surface area contributed by atoms with Gasteiger partial charge in [0.05, 0.1) is 0 Å². The minimum atomic E-state index is 0.581. The van der Waals surface area contributed by atoms with Crippen LogP contribution in [-0.2, 0) is 6.54 Å². The van der Waals surface area contributed by atoms with Crippen molar-refractivity contribution in [2.45, 2.75) is 39.2 Å². The Kier molecular flexibility index (Phi) is 3.05. The average Bonchev–Trinajstić information content (AvgIpc) is 3.18. The van der Waals surface area contributed by atoms with E-state index in [1.165, 1.54) is 18.7 Å². The largest absolute Gasteiger partial charge is 0.383 e. The van der Waals surface area contributed by atoms with Crippen LogP contribution in [-0.4, -0.2) is 9.55 Å². The molecule has 0 aliphatic heterocycles. The van der Waals surface area contributed by atoms with E-state index in [9.17, 15) is 0 Å². The predicted octanol–water partition coefficient (Wildman–Crippen LogP) is 3.67. The number of aromatic nitrogens is 2. The van der Waals surface area contributed by atoms with Crippen molar-refractivity contribution in [3.63, 3.8) is 0 Å². The van der Waals surface area contributed by atoms with Gasteiger partial charge >= 0.3 is 0 Å². The molecule has 1 aromatic heterocycles. The first-order valence-electron chi connectivity index (χ1n) is 7.08. The fourth-order valence-electron chi connectivity index (χ4n) is 2.50. The number of nitrogens with two attached hydrogens (primary N) is 1. The summed E-state index contributed by atoms with van der Waals surface area (Å²) < 4.78 is 2.23. The maximum Gasteiger partial charge on any atom is 0.131 e. The second-order valence-corrected chi connectivity index (χ2v) is 5.85. The van der Waals surface area contributed by atoms with E-state index in [0.717, 1.165) is 23.6 Å². The Bertz CT molecular complexity index is 565. The second kappa shape index (κ2) is 4.72. The first-order chi connectivity index (χ1) is 9.16. The van der Waals surface area contributed by atoms with Crippen LogP contribution in [0.4, 0.5) is 5.82 Å². The molecule has 0 amide bonds. The molecule has 3 rings (SSSR count). The second-order valence-electron chi connectivity index (χ2n) is 5.85. The van der Waals surface area contributed by atoms with Gasteiger partial charge in [-0.2, -0.15) is 0 Å². The molecule has 0 spiro atoms. The van der Waals surface area contributed by atoms with Crippen molar-refractivity contribution in [2.75, 3.05) is 5.73 Å². The molecule has 0 saturated heterocycles. The van der Waals surface area contributed by atoms with Gasteiger partial charge in [-0.25, -0.2) is 4.98 Å². The zero-order valence-electron chi connectivity index (χ0n) is 11.6. The molecule has 3 nitrogen and oxygen atoms in total. The van der Waals surface area contributed by atoms with Gasteiger partial charge in [-0.3, -0.25) is 0 Å². The lowest BCUT2D eigenvalue weighted by Crippen LogP contribution is -2.10. The van der Waals surface area contributed by atoms with Crippen LogP contribution in [0.1, 0.15) is 38.4 Å². The van der Waals surface area contributed by atoms with E-state index in [2.05, 4.69) is 30.5 Å². The minimum absolute atomic E-state index is 0.581. The van der Waals surface area contributed by atoms with Crippen molar-refractivity contribution in [3.8, 4) is 11.3 Å². The number of nitrogens with zero attached hydrogens (tertiary/aromatic N) is 2. The summed E-state index contributed by atoms with van der Waals surface area (Å²) in [5.41, 5.74) is 8.41. The predicted molar refractivity (Wildman–Crippen MR) is 78.9 cm³/mol. The smallest absolute Gasteiger partial charge is 0.131 e.